The van der Waals surface area contributed by atoms with Crippen LogP contribution in [-0.4, -0.2) is 30.6 Å². The zero-order valence-electron chi connectivity index (χ0n) is 11.5. The number of hydrogen-bond acceptors (Lipinski definition) is 3. The highest BCUT2D eigenvalue weighted by atomic mass is 79.9. The monoisotopic (exact) mass is 330 g/mol. The van der Waals surface area contributed by atoms with Gasteiger partial charge in [0.05, 0.1) is 0 Å². The molecule has 0 radical (unpaired) electrons. The van der Waals surface area contributed by atoms with Gasteiger partial charge in [-0.1, -0.05) is 0 Å². The summed E-state index contributed by atoms with van der Waals surface area (Å²) in [4.78, 5) is 5.38. The van der Waals surface area contributed by atoms with Crippen LogP contribution >= 0.6 is 27.3 Å². The zero-order chi connectivity index (χ0) is 13.1. The predicted molar refractivity (Wildman–Crippen MR) is 83.3 cm³/mol. The van der Waals surface area contributed by atoms with Crippen molar-refractivity contribution in [2.24, 2.45) is 5.92 Å². The molecule has 4 heteroatoms. The molecule has 0 saturated carbocycles. The molecule has 1 unspecified atom stereocenters. The van der Waals surface area contributed by atoms with E-state index in [-0.39, 0.29) is 0 Å². The molecule has 2 heterocycles. The predicted octanol–water partition coefficient (Wildman–Crippen LogP) is 3.64. The van der Waals surface area contributed by atoms with Crippen molar-refractivity contribution in [1.82, 2.24) is 10.2 Å². The molecule has 1 N–H and O–H groups in total. The number of halogens is 1. The molecule has 102 valence electrons. The van der Waals surface area contributed by atoms with Gasteiger partial charge in [0.2, 0.25) is 0 Å². The Morgan fingerprint density at radius 3 is 2.89 bits per heavy atom. The average molecular weight is 331 g/mol. The van der Waals surface area contributed by atoms with Gasteiger partial charge in [0.25, 0.3) is 0 Å². The van der Waals surface area contributed by atoms with Crippen LogP contribution < -0.4 is 5.32 Å². The van der Waals surface area contributed by atoms with Crippen LogP contribution in [0.2, 0.25) is 0 Å². The smallest absolute Gasteiger partial charge is 0.0314 e. The first-order valence-corrected chi connectivity index (χ1v) is 8.36. The van der Waals surface area contributed by atoms with E-state index in [4.69, 9.17) is 0 Å². The summed E-state index contributed by atoms with van der Waals surface area (Å²) in [7, 11) is 0. The number of aryl methyl sites for hydroxylation is 1. The fourth-order valence-electron chi connectivity index (χ4n) is 2.50. The van der Waals surface area contributed by atoms with E-state index in [9.17, 15) is 0 Å². The van der Waals surface area contributed by atoms with E-state index >= 15 is 0 Å². The summed E-state index contributed by atoms with van der Waals surface area (Å²) in [5, 5.41) is 3.61. The van der Waals surface area contributed by atoms with E-state index in [1.54, 1.807) is 0 Å². The molecular weight excluding hydrogens is 308 g/mol. The molecule has 0 aromatic carbocycles. The van der Waals surface area contributed by atoms with Crippen LogP contribution in [0.25, 0.3) is 0 Å². The zero-order valence-corrected chi connectivity index (χ0v) is 13.9. The Morgan fingerprint density at radius 1 is 1.56 bits per heavy atom. The fraction of sp³-hybridized carbons (Fsp3) is 0.714. The lowest BCUT2D eigenvalue weighted by Gasteiger charge is -2.20. The summed E-state index contributed by atoms with van der Waals surface area (Å²) in [6, 6.07) is 2.94. The van der Waals surface area contributed by atoms with Gasteiger partial charge in [0, 0.05) is 33.4 Å². The minimum Gasteiger partial charge on any atom is -0.312 e. The first kappa shape index (κ1) is 14.5. The van der Waals surface area contributed by atoms with Crippen molar-refractivity contribution >= 4 is 27.3 Å². The van der Waals surface area contributed by atoms with E-state index in [2.05, 4.69) is 53.0 Å². The van der Waals surface area contributed by atoms with Crippen LogP contribution in [0.15, 0.2) is 10.5 Å². The maximum Gasteiger partial charge on any atom is 0.0314 e. The Kier molecular flexibility index (Phi) is 5.24. The van der Waals surface area contributed by atoms with E-state index < -0.39 is 0 Å². The Hall–Kier alpha value is 0.100. The molecule has 1 aliphatic rings. The van der Waals surface area contributed by atoms with Crippen LogP contribution in [-0.2, 0) is 6.54 Å². The van der Waals surface area contributed by atoms with E-state index in [1.807, 2.05) is 11.3 Å². The SMILES string of the molecule is Cc1sc(CNCC2CCN(C(C)C)C2)cc1Br. The molecule has 2 rings (SSSR count). The average Bonchev–Trinajstić information content (AvgIpc) is 2.88. The minimum atomic E-state index is 0.700. The maximum absolute atomic E-state index is 3.61. The molecule has 1 aliphatic heterocycles. The molecule has 0 aliphatic carbocycles. The first-order chi connectivity index (χ1) is 8.56. The molecule has 0 bridgehead atoms. The minimum absolute atomic E-state index is 0.700. The Labute approximate surface area is 123 Å². The third-order valence-electron chi connectivity index (χ3n) is 3.69. The van der Waals surface area contributed by atoms with Crippen LogP contribution in [0.4, 0.5) is 0 Å². The largest absolute Gasteiger partial charge is 0.312 e. The van der Waals surface area contributed by atoms with E-state index in [1.165, 1.54) is 33.7 Å². The Morgan fingerprint density at radius 2 is 2.33 bits per heavy atom. The summed E-state index contributed by atoms with van der Waals surface area (Å²) < 4.78 is 1.25. The molecule has 1 saturated heterocycles. The third kappa shape index (κ3) is 3.80. The normalized spacial score (nSPS) is 21.1. The Balaban J connectivity index is 1.70. The van der Waals surface area contributed by atoms with Crippen LogP contribution in [0.3, 0.4) is 0 Å². The molecule has 1 aromatic heterocycles. The van der Waals surface area contributed by atoms with Gasteiger partial charge in [0.15, 0.2) is 0 Å². The second-order valence-electron chi connectivity index (χ2n) is 5.49. The number of nitrogens with zero attached hydrogens (tertiary/aromatic N) is 1. The molecule has 0 spiro atoms. The molecule has 0 amide bonds. The number of thiophene rings is 1. The number of nitrogens with one attached hydrogen (secondary N) is 1. The summed E-state index contributed by atoms with van der Waals surface area (Å²) in [6.45, 7) is 11.4. The fourth-order valence-corrected chi connectivity index (χ4v) is 4.07. The van der Waals surface area contributed by atoms with E-state index in [0.717, 1.165) is 19.0 Å². The number of likely N-dealkylation sites (tertiary alicyclic amines) is 1. The van der Waals surface area contributed by atoms with Crippen LogP contribution in [0, 0.1) is 12.8 Å². The molecule has 1 fully saturated rings. The molecule has 2 nitrogen and oxygen atoms in total. The highest BCUT2D eigenvalue weighted by molar-refractivity contribution is 9.10. The summed E-state index contributed by atoms with van der Waals surface area (Å²) in [5.41, 5.74) is 0. The molecule has 1 atom stereocenters. The summed E-state index contributed by atoms with van der Waals surface area (Å²) in [6.07, 6.45) is 1.35. The van der Waals surface area contributed by atoms with Gasteiger partial charge in [-0.15, -0.1) is 11.3 Å². The lowest BCUT2D eigenvalue weighted by molar-refractivity contribution is 0.264. The second kappa shape index (κ2) is 6.51. The molecule has 18 heavy (non-hydrogen) atoms. The van der Waals surface area contributed by atoms with Gasteiger partial charge in [-0.3, -0.25) is 0 Å². The van der Waals surface area contributed by atoms with Crippen molar-refractivity contribution in [3.05, 3.63) is 20.3 Å². The van der Waals surface area contributed by atoms with Crippen molar-refractivity contribution < 1.29 is 0 Å². The standard InChI is InChI=1S/C14H23BrN2S/c1-10(2)17-5-4-12(9-17)7-16-8-13-6-14(15)11(3)18-13/h6,10,12,16H,4-5,7-9H2,1-3H3. The molecular formula is C14H23BrN2S. The number of rotatable bonds is 5. The highest BCUT2D eigenvalue weighted by Gasteiger charge is 2.23. The summed E-state index contributed by atoms with van der Waals surface area (Å²) in [5.74, 6) is 0.830. The highest BCUT2D eigenvalue weighted by Crippen LogP contribution is 2.26. The maximum atomic E-state index is 3.61. The lowest BCUT2D eigenvalue weighted by atomic mass is 10.1. The van der Waals surface area contributed by atoms with Crippen molar-refractivity contribution in [1.29, 1.82) is 0 Å². The molecule has 1 aromatic rings. The van der Waals surface area contributed by atoms with Gasteiger partial charge in [0.1, 0.15) is 0 Å². The number of hydrogen-bond donors (Lipinski definition) is 1. The second-order valence-corrected chi connectivity index (χ2v) is 7.69. The Bertz CT molecular complexity index is 370. The van der Waals surface area contributed by atoms with Crippen molar-refractivity contribution in [3.63, 3.8) is 0 Å². The van der Waals surface area contributed by atoms with Crippen LogP contribution in [0.1, 0.15) is 30.0 Å². The van der Waals surface area contributed by atoms with Crippen molar-refractivity contribution in [2.45, 2.75) is 39.8 Å². The van der Waals surface area contributed by atoms with Gasteiger partial charge in [-0.25, -0.2) is 0 Å². The van der Waals surface area contributed by atoms with Gasteiger partial charge >= 0.3 is 0 Å². The quantitative estimate of drug-likeness (QED) is 0.886. The van der Waals surface area contributed by atoms with Crippen LogP contribution in [0.5, 0.6) is 0 Å². The van der Waals surface area contributed by atoms with Crippen molar-refractivity contribution in [2.75, 3.05) is 19.6 Å². The van der Waals surface area contributed by atoms with Crippen molar-refractivity contribution in [3.8, 4) is 0 Å². The lowest BCUT2D eigenvalue weighted by Crippen LogP contribution is -2.30. The third-order valence-corrected chi connectivity index (χ3v) is 5.82. The summed E-state index contributed by atoms with van der Waals surface area (Å²) >= 11 is 5.46. The topological polar surface area (TPSA) is 15.3 Å². The van der Waals surface area contributed by atoms with Gasteiger partial charge in [-0.2, -0.15) is 0 Å². The van der Waals surface area contributed by atoms with E-state index in [0.29, 0.717) is 6.04 Å². The van der Waals surface area contributed by atoms with Gasteiger partial charge < -0.3 is 10.2 Å². The first-order valence-electron chi connectivity index (χ1n) is 6.76. The van der Waals surface area contributed by atoms with Gasteiger partial charge in [-0.05, 0) is 68.2 Å².